The third kappa shape index (κ3) is 1.71. The molecular formula is C14H16N4O2. The molecular weight excluding hydrogens is 256 g/mol. The fraction of sp³-hybridized carbons (Fsp3) is 0.429. The minimum Gasteiger partial charge on any atom is -0.423 e. The molecule has 2 fully saturated rings. The summed E-state index contributed by atoms with van der Waals surface area (Å²) in [7, 11) is 0. The average molecular weight is 272 g/mol. The number of hydrogen-bond acceptors (Lipinski definition) is 5. The van der Waals surface area contributed by atoms with Crippen molar-refractivity contribution in [3.8, 4) is 0 Å². The lowest BCUT2D eigenvalue weighted by Gasteiger charge is -2.36. The summed E-state index contributed by atoms with van der Waals surface area (Å²) in [6.07, 6.45) is 1.60. The van der Waals surface area contributed by atoms with E-state index < -0.39 is 0 Å². The summed E-state index contributed by atoms with van der Waals surface area (Å²) in [5.74, 6) is 0.278. The van der Waals surface area contributed by atoms with Crippen LogP contribution in [0.3, 0.4) is 0 Å². The molecule has 104 valence electrons. The predicted molar refractivity (Wildman–Crippen MR) is 75.4 cm³/mol. The van der Waals surface area contributed by atoms with Crippen LogP contribution in [0.15, 0.2) is 22.6 Å². The van der Waals surface area contributed by atoms with Gasteiger partial charge in [0.05, 0.1) is 0 Å². The summed E-state index contributed by atoms with van der Waals surface area (Å²) < 4.78 is 5.80. The number of nitrogens with two attached hydrogens (primary N) is 1. The highest BCUT2D eigenvalue weighted by Gasteiger charge is 2.36. The Hall–Kier alpha value is -2.24. The van der Waals surface area contributed by atoms with Gasteiger partial charge in [-0.2, -0.15) is 4.98 Å². The molecule has 6 heteroatoms. The van der Waals surface area contributed by atoms with Crippen LogP contribution >= 0.6 is 0 Å². The van der Waals surface area contributed by atoms with Crippen LogP contribution in [0.2, 0.25) is 0 Å². The lowest BCUT2D eigenvalue weighted by Crippen LogP contribution is -2.51. The van der Waals surface area contributed by atoms with Crippen LogP contribution in [-0.2, 0) is 4.79 Å². The van der Waals surface area contributed by atoms with E-state index in [4.69, 9.17) is 10.2 Å². The van der Waals surface area contributed by atoms with E-state index in [-0.39, 0.29) is 5.91 Å². The van der Waals surface area contributed by atoms with Crippen molar-refractivity contribution in [2.45, 2.75) is 18.9 Å². The third-order valence-corrected chi connectivity index (χ3v) is 4.17. The molecule has 0 saturated carbocycles. The first-order valence-corrected chi connectivity index (χ1v) is 6.91. The van der Waals surface area contributed by atoms with Gasteiger partial charge >= 0.3 is 0 Å². The minimum absolute atomic E-state index is 0.278. The molecule has 0 aliphatic carbocycles. The Kier molecular flexibility index (Phi) is 2.39. The quantitative estimate of drug-likeness (QED) is 0.790. The summed E-state index contributed by atoms with van der Waals surface area (Å²) in [6.45, 7) is 2.32. The van der Waals surface area contributed by atoms with Gasteiger partial charge in [0, 0.05) is 43.9 Å². The predicted octanol–water partition coefficient (Wildman–Crippen LogP) is 1.22. The molecule has 0 radical (unpaired) electrons. The molecule has 0 bridgehead atoms. The van der Waals surface area contributed by atoms with E-state index in [1.807, 2.05) is 17.0 Å². The first-order valence-electron chi connectivity index (χ1n) is 6.91. The first-order chi connectivity index (χ1) is 9.70. The van der Waals surface area contributed by atoms with Gasteiger partial charge < -0.3 is 20.0 Å². The summed E-state index contributed by atoms with van der Waals surface area (Å²) in [5, 5.41) is 0. The van der Waals surface area contributed by atoms with Crippen molar-refractivity contribution in [2.24, 2.45) is 0 Å². The molecule has 1 atom stereocenters. The van der Waals surface area contributed by atoms with E-state index >= 15 is 0 Å². The molecule has 1 unspecified atom stereocenters. The zero-order valence-electron chi connectivity index (χ0n) is 11.1. The Morgan fingerprint density at radius 2 is 2.25 bits per heavy atom. The molecule has 3 heterocycles. The van der Waals surface area contributed by atoms with Gasteiger partial charge in [0.15, 0.2) is 5.58 Å². The fourth-order valence-corrected chi connectivity index (χ4v) is 3.10. The fourth-order valence-electron chi connectivity index (χ4n) is 3.10. The number of nitrogens with zero attached hydrogens (tertiary/aromatic N) is 3. The summed E-state index contributed by atoms with van der Waals surface area (Å²) in [4.78, 5) is 20.3. The summed E-state index contributed by atoms with van der Waals surface area (Å²) >= 11 is 0. The monoisotopic (exact) mass is 272 g/mol. The zero-order valence-corrected chi connectivity index (χ0v) is 11.1. The van der Waals surface area contributed by atoms with Gasteiger partial charge in [-0.15, -0.1) is 0 Å². The maximum atomic E-state index is 11.7. The maximum Gasteiger partial charge on any atom is 0.298 e. The zero-order chi connectivity index (χ0) is 13.7. The van der Waals surface area contributed by atoms with Gasteiger partial charge in [0.2, 0.25) is 5.91 Å². The molecule has 2 saturated heterocycles. The van der Waals surface area contributed by atoms with Gasteiger partial charge in [0.25, 0.3) is 6.01 Å². The molecule has 1 amide bonds. The van der Waals surface area contributed by atoms with Crippen LogP contribution in [0.4, 0.5) is 11.7 Å². The number of nitrogen functional groups attached to an aromatic ring is 1. The number of aromatic nitrogens is 1. The first kappa shape index (κ1) is 11.6. The van der Waals surface area contributed by atoms with E-state index in [0.717, 1.165) is 31.6 Å². The van der Waals surface area contributed by atoms with Crippen LogP contribution in [0.1, 0.15) is 12.8 Å². The molecule has 1 aromatic carbocycles. The second-order valence-corrected chi connectivity index (χ2v) is 5.45. The molecule has 2 aliphatic heterocycles. The topological polar surface area (TPSA) is 75.6 Å². The minimum atomic E-state index is 0.278. The van der Waals surface area contributed by atoms with E-state index in [9.17, 15) is 4.79 Å². The number of anilines is 2. The highest BCUT2D eigenvalue weighted by atomic mass is 16.4. The number of piperazine rings is 1. The van der Waals surface area contributed by atoms with E-state index in [0.29, 0.717) is 29.7 Å². The number of fused-ring (bicyclic) bond motifs is 2. The van der Waals surface area contributed by atoms with Crippen molar-refractivity contribution in [3.63, 3.8) is 0 Å². The normalized spacial score (nSPS) is 22.6. The van der Waals surface area contributed by atoms with Crippen molar-refractivity contribution < 1.29 is 9.21 Å². The summed E-state index contributed by atoms with van der Waals surface area (Å²) in [6, 6.07) is 6.41. The largest absolute Gasteiger partial charge is 0.423 e. The number of oxazole rings is 1. The lowest BCUT2D eigenvalue weighted by molar-refractivity contribution is -0.129. The van der Waals surface area contributed by atoms with Gasteiger partial charge in [-0.05, 0) is 18.6 Å². The molecule has 6 nitrogen and oxygen atoms in total. The number of carbonyl (C=O) groups is 1. The molecule has 0 spiro atoms. The Morgan fingerprint density at radius 3 is 3.15 bits per heavy atom. The van der Waals surface area contributed by atoms with Crippen LogP contribution in [0.25, 0.3) is 11.1 Å². The van der Waals surface area contributed by atoms with Gasteiger partial charge in [-0.25, -0.2) is 0 Å². The molecule has 4 rings (SSSR count). The van der Waals surface area contributed by atoms with Crippen molar-refractivity contribution in [1.29, 1.82) is 0 Å². The number of rotatable bonds is 1. The number of carbonyl (C=O) groups excluding carboxylic acids is 1. The Labute approximate surface area is 116 Å². The average Bonchev–Trinajstić information content (AvgIpc) is 3.02. The van der Waals surface area contributed by atoms with E-state index in [1.54, 1.807) is 6.07 Å². The summed E-state index contributed by atoms with van der Waals surface area (Å²) in [5.41, 5.74) is 7.96. The Balaban J connectivity index is 1.62. The van der Waals surface area contributed by atoms with Gasteiger partial charge in [0.1, 0.15) is 5.52 Å². The molecule has 20 heavy (non-hydrogen) atoms. The molecule has 2 N–H and O–H groups in total. The van der Waals surface area contributed by atoms with Crippen LogP contribution in [0.5, 0.6) is 0 Å². The second-order valence-electron chi connectivity index (χ2n) is 5.45. The van der Waals surface area contributed by atoms with E-state index in [1.165, 1.54) is 0 Å². The van der Waals surface area contributed by atoms with Crippen LogP contribution < -0.4 is 10.6 Å². The number of hydrogen-bond donors (Lipinski definition) is 1. The Morgan fingerprint density at radius 1 is 1.35 bits per heavy atom. The Bertz CT molecular complexity index is 681. The van der Waals surface area contributed by atoms with Gasteiger partial charge in [-0.3, -0.25) is 4.79 Å². The number of amides is 1. The third-order valence-electron chi connectivity index (χ3n) is 4.17. The molecule has 2 aliphatic rings. The highest BCUT2D eigenvalue weighted by Crippen LogP contribution is 2.28. The highest BCUT2D eigenvalue weighted by molar-refractivity contribution is 5.80. The molecule has 2 aromatic rings. The lowest BCUT2D eigenvalue weighted by atomic mass is 10.2. The van der Waals surface area contributed by atoms with Crippen LogP contribution in [-0.4, -0.2) is 41.5 Å². The van der Waals surface area contributed by atoms with Crippen molar-refractivity contribution in [1.82, 2.24) is 9.88 Å². The van der Waals surface area contributed by atoms with Crippen molar-refractivity contribution in [3.05, 3.63) is 18.2 Å². The standard InChI is InChI=1S/C14H16N4O2/c15-9-1-3-11-12(7-9)20-14(16-11)17-5-6-18-10(8-17)2-4-13(18)19/h1,3,7,10H,2,4-6,8,15H2. The van der Waals surface area contributed by atoms with Gasteiger partial charge in [-0.1, -0.05) is 0 Å². The van der Waals surface area contributed by atoms with Crippen molar-refractivity contribution >= 4 is 28.7 Å². The van der Waals surface area contributed by atoms with E-state index in [2.05, 4.69) is 9.88 Å². The smallest absolute Gasteiger partial charge is 0.298 e. The number of benzene rings is 1. The maximum absolute atomic E-state index is 11.7. The van der Waals surface area contributed by atoms with Crippen LogP contribution in [0, 0.1) is 0 Å². The second kappa shape index (κ2) is 4.13. The molecule has 1 aromatic heterocycles. The SMILES string of the molecule is Nc1ccc2nc(N3CCN4C(=O)CCC4C3)oc2c1. The van der Waals surface area contributed by atoms with Crippen molar-refractivity contribution in [2.75, 3.05) is 30.3 Å².